The molecule has 1 N–H and O–H groups in total. The molecule has 1 amide bonds. The van der Waals surface area contributed by atoms with E-state index in [-0.39, 0.29) is 11.6 Å². The van der Waals surface area contributed by atoms with E-state index in [4.69, 9.17) is 0 Å². The number of carbonyl (C=O) groups excluding carboxylic acids is 1. The fourth-order valence-corrected chi connectivity index (χ4v) is 2.90. The van der Waals surface area contributed by atoms with Crippen LogP contribution in [0.2, 0.25) is 0 Å². The number of nitrogens with zero attached hydrogens (tertiary/aromatic N) is 2. The third kappa shape index (κ3) is 3.85. The van der Waals surface area contributed by atoms with Gasteiger partial charge in [0.05, 0.1) is 4.92 Å². The third-order valence-electron chi connectivity index (χ3n) is 4.25. The lowest BCUT2D eigenvalue weighted by molar-refractivity contribution is -0.384. The molecule has 0 radical (unpaired) electrons. The highest BCUT2D eigenvalue weighted by atomic mass is 16.6. The molecule has 0 bridgehead atoms. The lowest BCUT2D eigenvalue weighted by Crippen LogP contribution is -2.26. The number of nitro benzene ring substituents is 1. The molecular weight excluding hydrogens is 318 g/mol. The topological polar surface area (TPSA) is 79.2 Å². The normalized spacial score (nSPS) is 10.8. The van der Waals surface area contributed by atoms with Crippen LogP contribution in [0.3, 0.4) is 0 Å². The molecule has 6 heteroatoms. The number of amides is 1. The van der Waals surface area contributed by atoms with Crippen LogP contribution >= 0.6 is 0 Å². The van der Waals surface area contributed by atoms with Crippen molar-refractivity contribution >= 4 is 22.5 Å². The monoisotopic (exact) mass is 337 g/mol. The molecule has 0 unspecified atom stereocenters. The van der Waals surface area contributed by atoms with Crippen molar-refractivity contribution in [3.8, 4) is 0 Å². The van der Waals surface area contributed by atoms with Crippen molar-refractivity contribution in [2.75, 3.05) is 7.05 Å². The number of fused-ring (bicyclic) bond motifs is 1. The maximum atomic E-state index is 12.4. The van der Waals surface area contributed by atoms with E-state index in [1.165, 1.54) is 12.1 Å². The highest BCUT2D eigenvalue weighted by Crippen LogP contribution is 2.20. The molecule has 2 aromatic carbocycles. The predicted octanol–water partition coefficient (Wildman–Crippen LogP) is 3.67. The van der Waals surface area contributed by atoms with Crippen LogP contribution in [0.1, 0.15) is 17.5 Å². The van der Waals surface area contributed by atoms with Gasteiger partial charge in [-0.15, -0.1) is 0 Å². The molecule has 0 atom stereocenters. The molecule has 0 saturated carbocycles. The first kappa shape index (κ1) is 16.7. The number of carbonyl (C=O) groups is 1. The molecule has 1 aromatic heterocycles. The standard InChI is InChI=1S/C19H19N3O3/c1-21(13-14-5-4-6-16(11-14)22(24)25)19(23)10-9-15-12-20-18-8-3-2-7-17(15)18/h2-8,11-12,20H,9-10,13H2,1H3. The van der Waals surface area contributed by atoms with Gasteiger partial charge in [-0.3, -0.25) is 14.9 Å². The van der Waals surface area contributed by atoms with Gasteiger partial charge in [0.1, 0.15) is 0 Å². The molecule has 128 valence electrons. The minimum absolute atomic E-state index is 0.0109. The minimum Gasteiger partial charge on any atom is -0.361 e. The van der Waals surface area contributed by atoms with E-state index >= 15 is 0 Å². The molecule has 3 aromatic rings. The number of nitro groups is 1. The van der Waals surface area contributed by atoms with Gasteiger partial charge < -0.3 is 9.88 Å². The van der Waals surface area contributed by atoms with Crippen molar-refractivity contribution in [2.45, 2.75) is 19.4 Å². The number of hydrogen-bond acceptors (Lipinski definition) is 3. The molecule has 0 saturated heterocycles. The number of aryl methyl sites for hydroxylation is 1. The fourth-order valence-electron chi connectivity index (χ4n) is 2.90. The van der Waals surface area contributed by atoms with Crippen molar-refractivity contribution in [1.29, 1.82) is 0 Å². The smallest absolute Gasteiger partial charge is 0.269 e. The summed E-state index contributed by atoms with van der Waals surface area (Å²) < 4.78 is 0. The van der Waals surface area contributed by atoms with Gasteiger partial charge >= 0.3 is 0 Å². The van der Waals surface area contributed by atoms with Gasteiger partial charge in [0.25, 0.3) is 5.69 Å². The SMILES string of the molecule is CN(Cc1cccc([N+](=O)[O-])c1)C(=O)CCc1c[nH]c2ccccc12. The average molecular weight is 337 g/mol. The molecule has 25 heavy (non-hydrogen) atoms. The van der Waals surface area contributed by atoms with Crippen LogP contribution in [0.15, 0.2) is 54.7 Å². The number of benzene rings is 2. The summed E-state index contributed by atoms with van der Waals surface area (Å²) in [5.74, 6) is 0.0109. The highest BCUT2D eigenvalue weighted by molar-refractivity contribution is 5.84. The fraction of sp³-hybridized carbons (Fsp3) is 0.211. The van der Waals surface area contributed by atoms with E-state index in [2.05, 4.69) is 4.98 Å². The Bertz CT molecular complexity index is 917. The number of para-hydroxylation sites is 1. The van der Waals surface area contributed by atoms with Gasteiger partial charge in [-0.25, -0.2) is 0 Å². The quantitative estimate of drug-likeness (QED) is 0.550. The Balaban J connectivity index is 1.61. The number of nitrogens with one attached hydrogen (secondary N) is 1. The number of hydrogen-bond donors (Lipinski definition) is 1. The molecule has 0 aliphatic heterocycles. The molecule has 0 aliphatic carbocycles. The Kier molecular flexibility index (Phi) is 4.79. The highest BCUT2D eigenvalue weighted by Gasteiger charge is 2.13. The van der Waals surface area contributed by atoms with Gasteiger partial charge in [0, 0.05) is 49.2 Å². The number of aromatic amines is 1. The Morgan fingerprint density at radius 3 is 2.80 bits per heavy atom. The minimum atomic E-state index is -0.428. The van der Waals surface area contributed by atoms with E-state index in [9.17, 15) is 14.9 Å². The van der Waals surface area contributed by atoms with Crippen LogP contribution in [-0.2, 0) is 17.8 Å². The van der Waals surface area contributed by atoms with E-state index in [0.29, 0.717) is 19.4 Å². The van der Waals surface area contributed by atoms with Crippen LogP contribution in [0.5, 0.6) is 0 Å². The molecular formula is C19H19N3O3. The maximum absolute atomic E-state index is 12.4. The Morgan fingerprint density at radius 1 is 1.20 bits per heavy atom. The summed E-state index contributed by atoms with van der Waals surface area (Å²) >= 11 is 0. The molecule has 0 aliphatic rings. The van der Waals surface area contributed by atoms with Crippen LogP contribution in [0, 0.1) is 10.1 Å². The second kappa shape index (κ2) is 7.17. The van der Waals surface area contributed by atoms with Gasteiger partial charge in [0.15, 0.2) is 0 Å². The van der Waals surface area contributed by atoms with E-state index in [1.54, 1.807) is 24.1 Å². The lowest BCUT2D eigenvalue weighted by atomic mass is 10.1. The first-order valence-electron chi connectivity index (χ1n) is 8.07. The van der Waals surface area contributed by atoms with Crippen LogP contribution < -0.4 is 0 Å². The van der Waals surface area contributed by atoms with Crippen molar-refractivity contribution in [2.24, 2.45) is 0 Å². The van der Waals surface area contributed by atoms with Gasteiger partial charge in [-0.1, -0.05) is 30.3 Å². The number of aromatic nitrogens is 1. The third-order valence-corrected chi connectivity index (χ3v) is 4.25. The summed E-state index contributed by atoms with van der Waals surface area (Å²) in [6, 6.07) is 14.4. The number of rotatable bonds is 6. The molecule has 6 nitrogen and oxygen atoms in total. The van der Waals surface area contributed by atoms with Crippen molar-refractivity contribution in [3.63, 3.8) is 0 Å². The van der Waals surface area contributed by atoms with Gasteiger partial charge in [-0.05, 0) is 23.6 Å². The van der Waals surface area contributed by atoms with E-state index < -0.39 is 4.92 Å². The molecule has 3 rings (SSSR count). The largest absolute Gasteiger partial charge is 0.361 e. The van der Waals surface area contributed by atoms with Crippen LogP contribution in [0.4, 0.5) is 5.69 Å². The second-order valence-electron chi connectivity index (χ2n) is 6.04. The molecule has 0 fully saturated rings. The predicted molar refractivity (Wildman–Crippen MR) is 96.2 cm³/mol. The van der Waals surface area contributed by atoms with Crippen molar-refractivity contribution < 1.29 is 9.72 Å². The second-order valence-corrected chi connectivity index (χ2v) is 6.04. The van der Waals surface area contributed by atoms with Crippen LogP contribution in [-0.4, -0.2) is 27.8 Å². The van der Waals surface area contributed by atoms with Crippen molar-refractivity contribution in [3.05, 3.63) is 76.0 Å². The summed E-state index contributed by atoms with van der Waals surface area (Å²) in [5, 5.41) is 12.0. The zero-order valence-electron chi connectivity index (χ0n) is 13.9. The van der Waals surface area contributed by atoms with Gasteiger partial charge in [0.2, 0.25) is 5.91 Å². The Hall–Kier alpha value is -3.15. The van der Waals surface area contributed by atoms with E-state index in [1.807, 2.05) is 30.5 Å². The zero-order chi connectivity index (χ0) is 17.8. The maximum Gasteiger partial charge on any atom is 0.269 e. The number of non-ortho nitro benzene ring substituents is 1. The van der Waals surface area contributed by atoms with Crippen LogP contribution in [0.25, 0.3) is 10.9 Å². The summed E-state index contributed by atoms with van der Waals surface area (Å²) in [6.07, 6.45) is 2.99. The summed E-state index contributed by atoms with van der Waals surface area (Å²) in [5.41, 5.74) is 2.97. The first-order valence-corrected chi connectivity index (χ1v) is 8.07. The Morgan fingerprint density at radius 2 is 2.00 bits per heavy atom. The summed E-state index contributed by atoms with van der Waals surface area (Å²) in [6.45, 7) is 0.356. The van der Waals surface area contributed by atoms with E-state index in [0.717, 1.165) is 22.0 Å². The average Bonchev–Trinajstić information content (AvgIpc) is 3.03. The zero-order valence-corrected chi connectivity index (χ0v) is 13.9. The number of H-pyrrole nitrogens is 1. The molecule has 0 spiro atoms. The summed E-state index contributed by atoms with van der Waals surface area (Å²) in [4.78, 5) is 27.6. The Labute approximate surface area is 145 Å². The lowest BCUT2D eigenvalue weighted by Gasteiger charge is -2.17. The first-order chi connectivity index (χ1) is 12.0. The molecule has 1 heterocycles. The summed E-state index contributed by atoms with van der Waals surface area (Å²) in [7, 11) is 1.72. The van der Waals surface area contributed by atoms with Gasteiger partial charge in [-0.2, -0.15) is 0 Å². The van der Waals surface area contributed by atoms with Crippen molar-refractivity contribution in [1.82, 2.24) is 9.88 Å².